The lowest BCUT2D eigenvalue weighted by Crippen LogP contribution is -2.51. The maximum Gasteiger partial charge on any atom is 0.231 e. The van der Waals surface area contributed by atoms with Crippen LogP contribution < -0.4 is 5.32 Å². The smallest absolute Gasteiger partial charge is 0.231 e. The molecule has 2 aromatic heterocycles. The maximum absolute atomic E-state index is 12.3. The number of nitrogens with zero attached hydrogens (tertiary/aromatic N) is 4. The molecule has 0 bridgehead atoms. The van der Waals surface area contributed by atoms with Gasteiger partial charge in [-0.25, -0.2) is 4.98 Å². The van der Waals surface area contributed by atoms with E-state index in [2.05, 4.69) is 39.4 Å². The summed E-state index contributed by atoms with van der Waals surface area (Å²) < 4.78 is 1.79. The van der Waals surface area contributed by atoms with Crippen LogP contribution in [-0.4, -0.2) is 45.2 Å². The lowest BCUT2D eigenvalue weighted by atomic mass is 9.99. The molecule has 1 fully saturated rings. The molecule has 3 heterocycles. The number of carbonyl (C=O) groups excluding carboxylic acids is 1. The minimum Gasteiger partial charge on any atom is -0.310 e. The fourth-order valence-electron chi connectivity index (χ4n) is 3.18. The predicted molar refractivity (Wildman–Crippen MR) is 98.2 cm³/mol. The maximum atomic E-state index is 12.3. The van der Waals surface area contributed by atoms with Gasteiger partial charge in [-0.15, -0.1) is 0 Å². The van der Waals surface area contributed by atoms with Gasteiger partial charge in [-0.05, 0) is 29.6 Å². The van der Waals surface area contributed by atoms with Crippen molar-refractivity contribution in [3.63, 3.8) is 0 Å². The molecule has 1 aliphatic rings. The molecule has 1 saturated heterocycles. The van der Waals surface area contributed by atoms with Gasteiger partial charge in [0.25, 0.3) is 0 Å². The number of fused-ring (bicyclic) bond motifs is 1. The predicted octanol–water partition coefficient (Wildman–Crippen LogP) is 2.53. The Hall–Kier alpha value is -2.73. The third kappa shape index (κ3) is 3.13. The quantitative estimate of drug-likeness (QED) is 0.796. The Labute approximate surface area is 146 Å². The second kappa shape index (κ2) is 6.29. The van der Waals surface area contributed by atoms with Crippen LogP contribution in [0.15, 0.2) is 42.9 Å². The van der Waals surface area contributed by atoms with Crippen molar-refractivity contribution in [3.8, 4) is 11.1 Å². The van der Waals surface area contributed by atoms with Crippen molar-refractivity contribution in [2.75, 3.05) is 25.0 Å². The molecule has 25 heavy (non-hydrogen) atoms. The van der Waals surface area contributed by atoms with Crippen molar-refractivity contribution >= 4 is 22.5 Å². The Balaban J connectivity index is 1.55. The van der Waals surface area contributed by atoms with E-state index in [-0.39, 0.29) is 11.8 Å². The molecule has 1 aromatic carbocycles. The molecule has 128 valence electrons. The largest absolute Gasteiger partial charge is 0.310 e. The van der Waals surface area contributed by atoms with Crippen LogP contribution in [0.4, 0.5) is 5.82 Å². The third-order valence-corrected chi connectivity index (χ3v) is 4.79. The Kier molecular flexibility index (Phi) is 3.97. The van der Waals surface area contributed by atoms with Gasteiger partial charge < -0.3 is 10.2 Å². The van der Waals surface area contributed by atoms with Crippen LogP contribution in [0.2, 0.25) is 0 Å². The fourth-order valence-corrected chi connectivity index (χ4v) is 3.18. The van der Waals surface area contributed by atoms with Crippen molar-refractivity contribution < 1.29 is 4.79 Å². The first-order chi connectivity index (χ1) is 12.1. The molecule has 0 aliphatic carbocycles. The minimum absolute atomic E-state index is 0.0555. The number of aromatic nitrogens is 3. The highest BCUT2D eigenvalue weighted by Crippen LogP contribution is 2.25. The van der Waals surface area contributed by atoms with E-state index < -0.39 is 0 Å². The van der Waals surface area contributed by atoms with E-state index in [0.717, 1.165) is 41.5 Å². The number of pyridine rings is 1. The van der Waals surface area contributed by atoms with Crippen LogP contribution >= 0.6 is 0 Å². The van der Waals surface area contributed by atoms with Crippen molar-refractivity contribution in [1.82, 2.24) is 19.7 Å². The highest BCUT2D eigenvalue weighted by atomic mass is 16.2. The molecule has 0 radical (unpaired) electrons. The number of nitrogens with one attached hydrogen (secondary N) is 1. The van der Waals surface area contributed by atoms with Gasteiger partial charge in [0.2, 0.25) is 5.91 Å². The lowest BCUT2D eigenvalue weighted by Gasteiger charge is -2.37. The van der Waals surface area contributed by atoms with Gasteiger partial charge in [-0.3, -0.25) is 9.48 Å². The molecule has 1 aliphatic heterocycles. The molecule has 1 amide bonds. The zero-order valence-electron chi connectivity index (χ0n) is 14.4. The first-order valence-corrected chi connectivity index (χ1v) is 8.54. The van der Waals surface area contributed by atoms with Gasteiger partial charge in [0.1, 0.15) is 5.82 Å². The summed E-state index contributed by atoms with van der Waals surface area (Å²) in [6.07, 6.45) is 5.64. The Morgan fingerprint density at radius 2 is 2.04 bits per heavy atom. The zero-order chi connectivity index (χ0) is 17.4. The number of hydrogen-bond donors (Lipinski definition) is 1. The fraction of sp³-hybridized carbons (Fsp3) is 0.316. The summed E-state index contributed by atoms with van der Waals surface area (Å²) in [7, 11) is 1.90. The van der Waals surface area contributed by atoms with Crippen molar-refractivity contribution in [2.24, 2.45) is 13.0 Å². The van der Waals surface area contributed by atoms with Crippen molar-refractivity contribution in [1.29, 1.82) is 0 Å². The van der Waals surface area contributed by atoms with E-state index in [4.69, 9.17) is 0 Å². The van der Waals surface area contributed by atoms with Gasteiger partial charge in [-0.1, -0.05) is 19.1 Å². The van der Waals surface area contributed by atoms with Crippen molar-refractivity contribution in [2.45, 2.75) is 6.92 Å². The summed E-state index contributed by atoms with van der Waals surface area (Å²) in [5, 5.41) is 9.27. The molecule has 4 rings (SSSR count). The van der Waals surface area contributed by atoms with Gasteiger partial charge in [0.05, 0.1) is 12.1 Å². The van der Waals surface area contributed by atoms with Gasteiger partial charge in [0.15, 0.2) is 0 Å². The number of likely N-dealkylation sites (tertiary alicyclic amines) is 1. The van der Waals surface area contributed by atoms with Crippen LogP contribution in [0.25, 0.3) is 21.9 Å². The standard InChI is InChI=1S/C19H21N5O/c1-3-24-11-17(12-24)19(25)22-18-7-15-6-13(4-5-14(15)8-20-18)16-9-21-23(2)10-16/h4-10,17H,3,11-12H2,1-2H3,(H,20,22,25). The zero-order valence-corrected chi connectivity index (χ0v) is 14.4. The summed E-state index contributed by atoms with van der Waals surface area (Å²) >= 11 is 0. The highest BCUT2D eigenvalue weighted by molar-refractivity contribution is 5.95. The van der Waals surface area contributed by atoms with Gasteiger partial charge in [0, 0.05) is 43.5 Å². The monoisotopic (exact) mass is 335 g/mol. The normalized spacial score (nSPS) is 15.3. The average molecular weight is 335 g/mol. The van der Waals surface area contributed by atoms with Gasteiger partial charge in [-0.2, -0.15) is 5.10 Å². The summed E-state index contributed by atoms with van der Waals surface area (Å²) in [5.74, 6) is 0.731. The van der Waals surface area contributed by atoms with Crippen molar-refractivity contribution in [3.05, 3.63) is 42.9 Å². The van der Waals surface area contributed by atoms with E-state index in [1.807, 2.05) is 31.6 Å². The first-order valence-electron chi connectivity index (χ1n) is 8.54. The molecule has 6 nitrogen and oxygen atoms in total. The number of carbonyl (C=O) groups is 1. The van der Waals surface area contributed by atoms with Crippen LogP contribution in [0.1, 0.15) is 6.92 Å². The topological polar surface area (TPSA) is 63.1 Å². The van der Waals surface area contributed by atoms with Crippen LogP contribution in [0.3, 0.4) is 0 Å². The number of hydrogen-bond acceptors (Lipinski definition) is 4. The number of rotatable bonds is 4. The van der Waals surface area contributed by atoms with Gasteiger partial charge >= 0.3 is 0 Å². The molecule has 3 aromatic rings. The van der Waals surface area contributed by atoms with E-state index >= 15 is 0 Å². The number of benzene rings is 1. The SMILES string of the molecule is CCN1CC(C(=O)Nc2cc3cc(-c4cnn(C)c4)ccc3cn2)C1. The molecule has 6 heteroatoms. The molecule has 0 spiro atoms. The van der Waals surface area contributed by atoms with Crippen LogP contribution in [0.5, 0.6) is 0 Å². The lowest BCUT2D eigenvalue weighted by molar-refractivity contribution is -0.124. The molecule has 0 atom stereocenters. The Morgan fingerprint density at radius 3 is 2.76 bits per heavy atom. The number of anilines is 1. The average Bonchev–Trinajstić information content (AvgIpc) is 3.00. The summed E-state index contributed by atoms with van der Waals surface area (Å²) in [6.45, 7) is 4.77. The summed E-state index contributed by atoms with van der Waals surface area (Å²) in [5.41, 5.74) is 2.17. The van der Waals surface area contributed by atoms with Crippen LogP contribution in [-0.2, 0) is 11.8 Å². The molecule has 0 unspecified atom stereocenters. The molecule has 1 N–H and O–H groups in total. The highest BCUT2D eigenvalue weighted by Gasteiger charge is 2.31. The molecule has 0 saturated carbocycles. The first kappa shape index (κ1) is 15.8. The second-order valence-corrected chi connectivity index (χ2v) is 6.57. The minimum atomic E-state index is 0.0555. The summed E-state index contributed by atoms with van der Waals surface area (Å²) in [6, 6.07) is 8.14. The molecular formula is C19H21N5O. The van der Waals surface area contributed by atoms with E-state index in [1.54, 1.807) is 10.9 Å². The number of aryl methyl sites for hydroxylation is 1. The van der Waals surface area contributed by atoms with E-state index in [1.165, 1.54) is 0 Å². The third-order valence-electron chi connectivity index (χ3n) is 4.79. The molecular weight excluding hydrogens is 314 g/mol. The second-order valence-electron chi connectivity index (χ2n) is 6.57. The number of amides is 1. The Morgan fingerprint density at radius 1 is 1.20 bits per heavy atom. The summed E-state index contributed by atoms with van der Waals surface area (Å²) in [4.78, 5) is 18.9. The van der Waals surface area contributed by atoms with E-state index in [0.29, 0.717) is 5.82 Å². The Bertz CT molecular complexity index is 926. The van der Waals surface area contributed by atoms with E-state index in [9.17, 15) is 4.79 Å². The van der Waals surface area contributed by atoms with Crippen LogP contribution in [0, 0.1) is 5.92 Å².